The number of benzene rings is 1. The highest BCUT2D eigenvalue weighted by atomic mass is 16.5. The third-order valence-electron chi connectivity index (χ3n) is 5.63. The van der Waals surface area contributed by atoms with E-state index in [1.54, 1.807) is 6.33 Å². The summed E-state index contributed by atoms with van der Waals surface area (Å²) >= 11 is 0. The van der Waals surface area contributed by atoms with E-state index in [0.717, 1.165) is 59.8 Å². The van der Waals surface area contributed by atoms with Gasteiger partial charge in [-0.1, -0.05) is 0 Å². The van der Waals surface area contributed by atoms with E-state index in [4.69, 9.17) is 4.74 Å². The molecule has 2 N–H and O–H groups in total. The van der Waals surface area contributed by atoms with Gasteiger partial charge in [0.25, 0.3) is 0 Å². The Hall–Kier alpha value is -2.67. The zero-order chi connectivity index (χ0) is 19.3. The normalized spacial score (nSPS) is 23.8. The van der Waals surface area contributed by atoms with Crippen LogP contribution in [0.2, 0.25) is 0 Å². The number of H-pyrrole nitrogens is 1. The van der Waals surface area contributed by atoms with Gasteiger partial charge in [-0.05, 0) is 51.8 Å². The van der Waals surface area contributed by atoms with Crippen molar-refractivity contribution in [2.45, 2.75) is 51.3 Å². The molecule has 0 spiro atoms. The van der Waals surface area contributed by atoms with Crippen molar-refractivity contribution in [3.63, 3.8) is 0 Å². The van der Waals surface area contributed by atoms with Gasteiger partial charge in [0.2, 0.25) is 0 Å². The van der Waals surface area contributed by atoms with Gasteiger partial charge in [-0.15, -0.1) is 0 Å². The summed E-state index contributed by atoms with van der Waals surface area (Å²) in [4.78, 5) is 11.3. The largest absolute Gasteiger partial charge is 0.488 e. The molecule has 7 nitrogen and oxygen atoms in total. The maximum absolute atomic E-state index is 6.13. The molecule has 3 aromatic rings. The van der Waals surface area contributed by atoms with E-state index in [-0.39, 0.29) is 5.60 Å². The fourth-order valence-corrected chi connectivity index (χ4v) is 3.98. The van der Waals surface area contributed by atoms with Crippen LogP contribution in [0, 0.1) is 0 Å². The van der Waals surface area contributed by atoms with Gasteiger partial charge < -0.3 is 15.0 Å². The Morgan fingerprint density at radius 2 is 1.89 bits per heavy atom. The highest BCUT2D eigenvalue weighted by Gasteiger charge is 2.40. The van der Waals surface area contributed by atoms with E-state index >= 15 is 0 Å². The number of rotatable bonds is 4. The van der Waals surface area contributed by atoms with Crippen molar-refractivity contribution in [1.82, 2.24) is 25.5 Å². The predicted molar refractivity (Wildman–Crippen MR) is 110 cm³/mol. The summed E-state index contributed by atoms with van der Waals surface area (Å²) < 4.78 is 6.13. The van der Waals surface area contributed by atoms with Crippen LogP contribution in [0.4, 0.5) is 5.82 Å². The van der Waals surface area contributed by atoms with Gasteiger partial charge in [-0.3, -0.25) is 5.10 Å². The molecule has 0 bridgehead atoms. The van der Waals surface area contributed by atoms with Crippen molar-refractivity contribution in [2.75, 3.05) is 18.0 Å². The Morgan fingerprint density at radius 1 is 1.11 bits per heavy atom. The molecule has 3 heterocycles. The number of anilines is 1. The Morgan fingerprint density at radius 3 is 2.64 bits per heavy atom. The van der Waals surface area contributed by atoms with Crippen LogP contribution in [0.3, 0.4) is 0 Å². The molecule has 1 aliphatic heterocycles. The van der Waals surface area contributed by atoms with Crippen LogP contribution >= 0.6 is 0 Å². The smallest absolute Gasteiger partial charge is 0.132 e. The number of aromatic nitrogens is 4. The molecule has 1 saturated heterocycles. The highest BCUT2D eigenvalue weighted by molar-refractivity contribution is 5.93. The van der Waals surface area contributed by atoms with Crippen molar-refractivity contribution in [3.8, 4) is 17.1 Å². The summed E-state index contributed by atoms with van der Waals surface area (Å²) in [6, 6.07) is 8.98. The lowest BCUT2D eigenvalue weighted by Crippen LogP contribution is -2.54. The second kappa shape index (κ2) is 6.44. The maximum atomic E-state index is 6.13. The molecule has 1 saturated carbocycles. The van der Waals surface area contributed by atoms with E-state index in [1.165, 1.54) is 0 Å². The van der Waals surface area contributed by atoms with Crippen molar-refractivity contribution in [1.29, 1.82) is 0 Å². The van der Waals surface area contributed by atoms with E-state index in [9.17, 15) is 0 Å². The third-order valence-corrected chi connectivity index (χ3v) is 5.63. The number of piperazine rings is 1. The highest BCUT2D eigenvalue weighted by Crippen LogP contribution is 2.40. The van der Waals surface area contributed by atoms with Gasteiger partial charge in [0.15, 0.2) is 0 Å². The average molecular weight is 378 g/mol. The molecule has 1 aromatic carbocycles. The average Bonchev–Trinajstić information content (AvgIpc) is 3.24. The Balaban J connectivity index is 1.49. The molecule has 2 atom stereocenters. The minimum atomic E-state index is -0.00462. The molecule has 2 aromatic heterocycles. The van der Waals surface area contributed by atoms with Crippen molar-refractivity contribution in [3.05, 3.63) is 30.6 Å². The number of hydrogen-bond donors (Lipinski definition) is 2. The van der Waals surface area contributed by atoms with Gasteiger partial charge in [-0.25, -0.2) is 9.97 Å². The van der Waals surface area contributed by atoms with Crippen LogP contribution < -0.4 is 15.0 Å². The fraction of sp³-hybridized carbons (Fsp3) is 0.476. The standard InChI is InChI=1S/C21H26N6O/c1-13-10-27(11-14(2)24-13)19-9-18(22-12-23-19)20-16-8-15(28-21(3)6-7-21)4-5-17(16)25-26-20/h4-5,8-9,12-14,24H,6-7,10-11H2,1-3H3,(H,25,26)/t13-,14+. The SMILES string of the molecule is C[C@@H]1CN(c2cc(-c3n[nH]c4ccc(OC5(C)CC5)cc34)ncn2)C[C@H](C)N1. The summed E-state index contributed by atoms with van der Waals surface area (Å²) in [5, 5.41) is 12.2. The van der Waals surface area contributed by atoms with Crippen LogP contribution in [0.1, 0.15) is 33.6 Å². The number of aromatic amines is 1. The van der Waals surface area contributed by atoms with E-state index in [2.05, 4.69) is 57.2 Å². The van der Waals surface area contributed by atoms with Crippen LogP contribution in [0.25, 0.3) is 22.3 Å². The number of nitrogens with zero attached hydrogens (tertiary/aromatic N) is 4. The summed E-state index contributed by atoms with van der Waals surface area (Å²) in [5.41, 5.74) is 2.63. The topological polar surface area (TPSA) is 79.0 Å². The second-order valence-corrected chi connectivity index (χ2v) is 8.47. The predicted octanol–water partition coefficient (Wildman–Crippen LogP) is 3.14. The molecule has 0 radical (unpaired) electrons. The van der Waals surface area contributed by atoms with E-state index in [1.807, 2.05) is 18.2 Å². The molecule has 2 fully saturated rings. The first-order chi connectivity index (χ1) is 13.5. The third kappa shape index (κ3) is 3.30. The monoisotopic (exact) mass is 378 g/mol. The van der Waals surface area contributed by atoms with Crippen LogP contribution in [-0.2, 0) is 0 Å². The zero-order valence-electron chi connectivity index (χ0n) is 16.6. The minimum Gasteiger partial charge on any atom is -0.488 e. The molecular formula is C21H26N6O. The Bertz CT molecular complexity index is 1000. The lowest BCUT2D eigenvalue weighted by Gasteiger charge is -2.36. The van der Waals surface area contributed by atoms with Crippen LogP contribution in [-0.4, -0.2) is 50.9 Å². The lowest BCUT2D eigenvalue weighted by atomic mass is 10.1. The fourth-order valence-electron chi connectivity index (χ4n) is 3.98. The second-order valence-electron chi connectivity index (χ2n) is 8.47. The van der Waals surface area contributed by atoms with Gasteiger partial charge in [0.05, 0.1) is 11.2 Å². The first-order valence-electron chi connectivity index (χ1n) is 10.00. The van der Waals surface area contributed by atoms with Crippen LogP contribution in [0.15, 0.2) is 30.6 Å². The van der Waals surface area contributed by atoms with Crippen molar-refractivity contribution < 1.29 is 4.74 Å². The van der Waals surface area contributed by atoms with Crippen molar-refractivity contribution >= 4 is 16.7 Å². The first kappa shape index (κ1) is 17.4. The zero-order valence-corrected chi connectivity index (χ0v) is 16.6. The number of hydrogen-bond acceptors (Lipinski definition) is 6. The molecule has 28 heavy (non-hydrogen) atoms. The summed E-state index contributed by atoms with van der Waals surface area (Å²) in [5.74, 6) is 1.83. The van der Waals surface area contributed by atoms with E-state index < -0.39 is 0 Å². The minimum absolute atomic E-state index is 0.00462. The number of nitrogens with one attached hydrogen (secondary N) is 2. The molecule has 5 rings (SSSR count). The molecule has 0 unspecified atom stereocenters. The van der Waals surface area contributed by atoms with Gasteiger partial charge >= 0.3 is 0 Å². The van der Waals surface area contributed by atoms with Gasteiger partial charge in [0, 0.05) is 36.6 Å². The quantitative estimate of drug-likeness (QED) is 0.726. The van der Waals surface area contributed by atoms with Crippen molar-refractivity contribution in [2.24, 2.45) is 0 Å². The first-order valence-corrected chi connectivity index (χ1v) is 10.00. The molecular weight excluding hydrogens is 352 g/mol. The van der Waals surface area contributed by atoms with Gasteiger partial charge in [-0.2, -0.15) is 5.10 Å². The molecule has 0 amide bonds. The summed E-state index contributed by atoms with van der Waals surface area (Å²) in [6.45, 7) is 8.42. The Kier molecular flexibility index (Phi) is 4.01. The maximum Gasteiger partial charge on any atom is 0.132 e. The molecule has 2 aliphatic rings. The van der Waals surface area contributed by atoms with Crippen LogP contribution in [0.5, 0.6) is 5.75 Å². The number of fused-ring (bicyclic) bond motifs is 1. The summed E-state index contributed by atoms with van der Waals surface area (Å²) in [6.07, 6.45) is 3.86. The Labute approximate surface area is 164 Å². The molecule has 146 valence electrons. The lowest BCUT2D eigenvalue weighted by molar-refractivity contribution is 0.200. The van der Waals surface area contributed by atoms with Gasteiger partial charge in [0.1, 0.15) is 29.2 Å². The molecule has 7 heteroatoms. The van der Waals surface area contributed by atoms with E-state index in [0.29, 0.717) is 12.1 Å². The summed E-state index contributed by atoms with van der Waals surface area (Å²) in [7, 11) is 0. The number of ether oxygens (including phenoxy) is 1. The molecule has 1 aliphatic carbocycles.